The standard InChI is InChI=1S/C25H22N2O5S/c1-17-16-22(32-25-9-5-7-19-6-3-4-8-23(19)25)14-15-24(17)27(33(29,30)31)21-12-10-20(11-13-21)26-18(2)28/h3-16H,1-2H3,(H,26,28)(H,29,30,31). The molecule has 0 unspecified atom stereocenters. The topological polar surface area (TPSA) is 95.9 Å². The van der Waals surface area contributed by atoms with Crippen molar-refractivity contribution < 1.29 is 22.5 Å². The number of amides is 1. The van der Waals surface area contributed by atoms with Crippen LogP contribution in [0.5, 0.6) is 11.5 Å². The SMILES string of the molecule is CC(=O)Nc1ccc(N(c2ccc(Oc3cccc4ccccc34)cc2C)S(=O)(=O)O)cc1. The molecule has 0 saturated carbocycles. The van der Waals surface area contributed by atoms with Gasteiger partial charge in [0.1, 0.15) is 11.5 Å². The summed E-state index contributed by atoms with van der Waals surface area (Å²) in [6.45, 7) is 3.11. The lowest BCUT2D eigenvalue weighted by Crippen LogP contribution is -2.25. The normalized spacial score (nSPS) is 11.2. The zero-order valence-corrected chi connectivity index (χ0v) is 18.8. The molecule has 0 atom stereocenters. The molecule has 0 saturated heterocycles. The third-order valence-corrected chi connectivity index (χ3v) is 5.89. The van der Waals surface area contributed by atoms with Crippen LogP contribution in [0.2, 0.25) is 0 Å². The van der Waals surface area contributed by atoms with Crippen LogP contribution in [0, 0.1) is 6.92 Å². The first kappa shape index (κ1) is 22.3. The lowest BCUT2D eigenvalue weighted by atomic mass is 10.1. The molecule has 7 nitrogen and oxygen atoms in total. The average molecular weight is 463 g/mol. The number of ether oxygens (including phenoxy) is 1. The van der Waals surface area contributed by atoms with Crippen LogP contribution >= 0.6 is 0 Å². The molecule has 2 N–H and O–H groups in total. The van der Waals surface area contributed by atoms with Gasteiger partial charge in [0.25, 0.3) is 0 Å². The highest BCUT2D eigenvalue weighted by Crippen LogP contribution is 2.36. The van der Waals surface area contributed by atoms with Crippen LogP contribution in [0.1, 0.15) is 12.5 Å². The van der Waals surface area contributed by atoms with Gasteiger partial charge in [0.05, 0.1) is 11.4 Å². The molecule has 4 rings (SSSR count). The number of carbonyl (C=O) groups is 1. The second kappa shape index (κ2) is 8.93. The maximum absolute atomic E-state index is 12.3. The van der Waals surface area contributed by atoms with Gasteiger partial charge < -0.3 is 10.1 Å². The van der Waals surface area contributed by atoms with E-state index in [1.165, 1.54) is 19.1 Å². The molecular weight excluding hydrogens is 440 g/mol. The van der Waals surface area contributed by atoms with Crippen molar-refractivity contribution in [3.05, 3.63) is 90.5 Å². The Balaban J connectivity index is 1.68. The number of anilines is 3. The van der Waals surface area contributed by atoms with Gasteiger partial charge in [-0.15, -0.1) is 0 Å². The lowest BCUT2D eigenvalue weighted by molar-refractivity contribution is -0.114. The summed E-state index contributed by atoms with van der Waals surface area (Å²) in [5.41, 5.74) is 1.58. The Labute approximate surface area is 192 Å². The second-order valence-corrected chi connectivity index (χ2v) is 8.76. The molecule has 0 heterocycles. The van der Waals surface area contributed by atoms with Crippen molar-refractivity contribution in [3.8, 4) is 11.5 Å². The van der Waals surface area contributed by atoms with Crippen molar-refractivity contribution in [2.75, 3.05) is 9.62 Å². The third-order valence-electron chi connectivity index (χ3n) is 5.02. The average Bonchev–Trinajstić information content (AvgIpc) is 2.76. The van der Waals surface area contributed by atoms with E-state index in [1.807, 2.05) is 42.5 Å². The van der Waals surface area contributed by atoms with Crippen LogP contribution in [0.15, 0.2) is 84.9 Å². The molecule has 8 heteroatoms. The molecule has 0 aliphatic carbocycles. The number of hydrogen-bond donors (Lipinski definition) is 2. The van der Waals surface area contributed by atoms with E-state index in [9.17, 15) is 17.8 Å². The zero-order chi connectivity index (χ0) is 23.6. The Morgan fingerprint density at radius 2 is 1.64 bits per heavy atom. The molecule has 4 aromatic rings. The number of nitrogens with zero attached hydrogens (tertiary/aromatic N) is 1. The van der Waals surface area contributed by atoms with E-state index in [1.54, 1.807) is 37.3 Å². The monoisotopic (exact) mass is 462 g/mol. The number of carbonyl (C=O) groups excluding carboxylic acids is 1. The first-order valence-electron chi connectivity index (χ1n) is 10.1. The highest BCUT2D eigenvalue weighted by atomic mass is 32.2. The largest absolute Gasteiger partial charge is 0.457 e. The predicted octanol–water partition coefficient (Wildman–Crippen LogP) is 5.84. The summed E-state index contributed by atoms with van der Waals surface area (Å²) in [6, 6.07) is 24.7. The van der Waals surface area contributed by atoms with Crippen molar-refractivity contribution in [2.45, 2.75) is 13.8 Å². The van der Waals surface area contributed by atoms with E-state index in [2.05, 4.69) is 5.32 Å². The van der Waals surface area contributed by atoms with Gasteiger partial charge in [0.2, 0.25) is 5.91 Å². The molecule has 33 heavy (non-hydrogen) atoms. The number of rotatable bonds is 6. The fourth-order valence-electron chi connectivity index (χ4n) is 3.61. The van der Waals surface area contributed by atoms with Crippen molar-refractivity contribution in [1.29, 1.82) is 0 Å². The maximum atomic E-state index is 12.3. The molecule has 0 radical (unpaired) electrons. The quantitative estimate of drug-likeness (QED) is 0.351. The number of nitrogens with one attached hydrogen (secondary N) is 1. The number of aryl methyl sites for hydroxylation is 1. The molecule has 1 amide bonds. The fourth-order valence-corrected chi connectivity index (χ4v) is 4.45. The summed E-state index contributed by atoms with van der Waals surface area (Å²) in [6.07, 6.45) is 0. The molecule has 0 aliphatic heterocycles. The molecule has 0 aliphatic rings. The van der Waals surface area contributed by atoms with Crippen LogP contribution in [0.4, 0.5) is 17.1 Å². The van der Waals surface area contributed by atoms with E-state index in [0.29, 0.717) is 22.7 Å². The van der Waals surface area contributed by atoms with Gasteiger partial charge in [0, 0.05) is 18.0 Å². The van der Waals surface area contributed by atoms with Gasteiger partial charge >= 0.3 is 10.3 Å². The summed E-state index contributed by atoms with van der Waals surface area (Å²) in [5.74, 6) is 0.969. The van der Waals surface area contributed by atoms with Crippen molar-refractivity contribution >= 4 is 44.0 Å². The van der Waals surface area contributed by atoms with Gasteiger partial charge in [-0.25, -0.2) is 4.31 Å². The lowest BCUT2D eigenvalue weighted by Gasteiger charge is -2.23. The van der Waals surface area contributed by atoms with Gasteiger partial charge in [-0.3, -0.25) is 9.35 Å². The molecule has 0 bridgehead atoms. The Bertz CT molecular complexity index is 1430. The zero-order valence-electron chi connectivity index (χ0n) is 18.0. The number of hydrogen-bond acceptors (Lipinski definition) is 4. The Morgan fingerprint density at radius 3 is 2.30 bits per heavy atom. The Hall–Kier alpha value is -3.88. The van der Waals surface area contributed by atoms with Crippen LogP contribution in [-0.2, 0) is 15.1 Å². The van der Waals surface area contributed by atoms with E-state index >= 15 is 0 Å². The minimum atomic E-state index is -4.62. The van der Waals surface area contributed by atoms with E-state index in [0.717, 1.165) is 15.1 Å². The summed E-state index contributed by atoms with van der Waals surface area (Å²) in [4.78, 5) is 11.2. The van der Waals surface area contributed by atoms with Crippen LogP contribution in [-0.4, -0.2) is 18.9 Å². The van der Waals surface area contributed by atoms with Gasteiger partial charge in [-0.1, -0.05) is 36.4 Å². The molecule has 168 valence electrons. The van der Waals surface area contributed by atoms with Crippen molar-refractivity contribution in [2.24, 2.45) is 0 Å². The molecule has 0 aromatic heterocycles. The third kappa shape index (κ3) is 4.97. The molecule has 0 spiro atoms. The highest BCUT2D eigenvalue weighted by Gasteiger charge is 2.24. The van der Waals surface area contributed by atoms with Crippen LogP contribution in [0.3, 0.4) is 0 Å². The maximum Gasteiger partial charge on any atom is 0.364 e. The second-order valence-electron chi connectivity index (χ2n) is 7.50. The van der Waals surface area contributed by atoms with Crippen molar-refractivity contribution in [1.82, 2.24) is 0 Å². The summed E-state index contributed by atoms with van der Waals surface area (Å²) in [5, 5.41) is 4.62. The van der Waals surface area contributed by atoms with Crippen LogP contribution in [0.25, 0.3) is 10.8 Å². The summed E-state index contributed by atoms with van der Waals surface area (Å²) >= 11 is 0. The van der Waals surface area contributed by atoms with Gasteiger partial charge in [-0.2, -0.15) is 8.42 Å². The van der Waals surface area contributed by atoms with Gasteiger partial charge in [0.15, 0.2) is 0 Å². The molecular formula is C25H22N2O5S. The highest BCUT2D eigenvalue weighted by molar-refractivity contribution is 7.87. The first-order valence-corrected chi connectivity index (χ1v) is 11.5. The van der Waals surface area contributed by atoms with Crippen molar-refractivity contribution in [3.63, 3.8) is 0 Å². The fraction of sp³-hybridized carbons (Fsp3) is 0.0800. The molecule has 4 aromatic carbocycles. The Kier molecular flexibility index (Phi) is 6.04. The number of benzene rings is 4. The minimum absolute atomic E-state index is 0.220. The van der Waals surface area contributed by atoms with Crippen LogP contribution < -0.4 is 14.4 Å². The molecule has 0 fully saturated rings. The minimum Gasteiger partial charge on any atom is -0.457 e. The van der Waals surface area contributed by atoms with E-state index < -0.39 is 10.3 Å². The first-order chi connectivity index (χ1) is 15.7. The van der Waals surface area contributed by atoms with E-state index in [4.69, 9.17) is 4.74 Å². The predicted molar refractivity (Wildman–Crippen MR) is 130 cm³/mol. The summed E-state index contributed by atoms with van der Waals surface area (Å²) < 4.78 is 41.4. The number of fused-ring (bicyclic) bond motifs is 1. The summed E-state index contributed by atoms with van der Waals surface area (Å²) in [7, 11) is -4.62. The smallest absolute Gasteiger partial charge is 0.364 e. The Morgan fingerprint density at radius 1 is 0.939 bits per heavy atom. The van der Waals surface area contributed by atoms with Gasteiger partial charge in [-0.05, 0) is 66.4 Å². The van der Waals surface area contributed by atoms with E-state index in [-0.39, 0.29) is 17.3 Å².